The molecule has 6 unspecified atom stereocenters. The third-order valence-electron chi connectivity index (χ3n) is 10.3. The van der Waals surface area contributed by atoms with E-state index < -0.39 is 0 Å². The lowest BCUT2D eigenvalue weighted by molar-refractivity contribution is -0.0569. The zero-order chi connectivity index (χ0) is 17.8. The quantitative estimate of drug-likeness (QED) is 0.350. The molecule has 0 N–H and O–H groups in total. The number of rotatable bonds is 0. The molecular formula is C25H38O. The van der Waals surface area contributed by atoms with E-state index in [1.165, 1.54) is 83.5 Å². The van der Waals surface area contributed by atoms with E-state index in [0.717, 1.165) is 17.8 Å². The monoisotopic (exact) mass is 354 g/mol. The summed E-state index contributed by atoms with van der Waals surface area (Å²) in [6.07, 6.45) is 19.2. The predicted molar refractivity (Wildman–Crippen MR) is 106 cm³/mol. The van der Waals surface area contributed by atoms with E-state index >= 15 is 0 Å². The summed E-state index contributed by atoms with van der Waals surface area (Å²) in [7, 11) is 0. The van der Waals surface area contributed by atoms with Gasteiger partial charge in [-0.05, 0) is 92.8 Å². The van der Waals surface area contributed by atoms with Crippen LogP contribution in [-0.2, 0) is 4.74 Å². The van der Waals surface area contributed by atoms with Crippen molar-refractivity contribution in [3.63, 3.8) is 0 Å². The fraction of sp³-hybridized carbons (Fsp3) is 0.920. The van der Waals surface area contributed by atoms with Crippen LogP contribution < -0.4 is 0 Å². The molecule has 1 saturated heterocycles. The highest BCUT2D eigenvalue weighted by Gasteiger charge is 2.71. The van der Waals surface area contributed by atoms with Crippen molar-refractivity contribution in [1.82, 2.24) is 0 Å². The summed E-state index contributed by atoms with van der Waals surface area (Å²) in [5.41, 5.74) is 3.59. The van der Waals surface area contributed by atoms with Crippen molar-refractivity contribution < 1.29 is 4.74 Å². The zero-order valence-electron chi connectivity index (χ0n) is 17.1. The van der Waals surface area contributed by atoms with E-state index in [1.54, 1.807) is 5.57 Å². The van der Waals surface area contributed by atoms with Crippen LogP contribution in [0, 0.1) is 34.0 Å². The number of hydrogen-bond donors (Lipinski definition) is 0. The van der Waals surface area contributed by atoms with Crippen molar-refractivity contribution in [3.05, 3.63) is 12.2 Å². The average Bonchev–Trinajstić information content (AvgIpc) is 2.94. The second kappa shape index (κ2) is 5.00. The van der Waals surface area contributed by atoms with Gasteiger partial charge in [0.25, 0.3) is 0 Å². The largest absolute Gasteiger partial charge is 0.365 e. The third-order valence-corrected chi connectivity index (χ3v) is 10.3. The van der Waals surface area contributed by atoms with Gasteiger partial charge < -0.3 is 4.74 Å². The van der Waals surface area contributed by atoms with Crippen LogP contribution in [0.4, 0.5) is 0 Å². The fourth-order valence-corrected chi connectivity index (χ4v) is 9.47. The zero-order valence-corrected chi connectivity index (χ0v) is 17.1. The Morgan fingerprint density at radius 2 is 1.77 bits per heavy atom. The van der Waals surface area contributed by atoms with Gasteiger partial charge in [0.1, 0.15) is 0 Å². The minimum atomic E-state index is 0.286. The van der Waals surface area contributed by atoms with Crippen LogP contribution in [0.3, 0.4) is 0 Å². The fourth-order valence-electron chi connectivity index (χ4n) is 9.47. The molecule has 0 aromatic heterocycles. The molecule has 5 saturated carbocycles. The van der Waals surface area contributed by atoms with Gasteiger partial charge in [-0.1, -0.05) is 45.3 Å². The first-order valence-corrected chi connectivity index (χ1v) is 11.7. The molecule has 0 aromatic rings. The van der Waals surface area contributed by atoms with Crippen LogP contribution in [0.1, 0.15) is 97.3 Å². The summed E-state index contributed by atoms with van der Waals surface area (Å²) in [5.74, 6) is 2.60. The lowest BCUT2D eigenvalue weighted by atomic mass is 9.48. The summed E-state index contributed by atoms with van der Waals surface area (Å²) in [6.45, 7) is 9.81. The lowest BCUT2D eigenvalue weighted by Gasteiger charge is -2.57. The Hall–Kier alpha value is -0.300. The lowest BCUT2D eigenvalue weighted by Crippen LogP contribution is -2.50. The van der Waals surface area contributed by atoms with E-state index in [1.807, 2.05) is 0 Å². The molecule has 1 heterocycles. The first-order chi connectivity index (χ1) is 12.4. The van der Waals surface area contributed by atoms with Crippen molar-refractivity contribution in [2.75, 3.05) is 0 Å². The average molecular weight is 355 g/mol. The predicted octanol–water partition coefficient (Wildman–Crippen LogP) is 6.67. The minimum Gasteiger partial charge on any atom is -0.365 e. The SMILES string of the molecule is C=C1CC2(CCC3(CCCC3)C2)C2OC23CCCC(C3)C2C1CC2(C)C. The Bertz CT molecular complexity index is 641. The van der Waals surface area contributed by atoms with Crippen LogP contribution >= 0.6 is 0 Å². The number of ether oxygens (including phenoxy) is 1. The molecule has 1 nitrogen and oxygen atoms in total. The van der Waals surface area contributed by atoms with E-state index in [2.05, 4.69) is 13.8 Å². The van der Waals surface area contributed by atoms with E-state index in [-0.39, 0.29) is 5.60 Å². The molecule has 6 rings (SSSR count). The number of allylic oxidation sites excluding steroid dienone is 1. The number of hydrogen-bond acceptors (Lipinski definition) is 1. The normalized spacial score (nSPS) is 53.4. The standard InChI is InChI=1S/C25H38O/c1-17-13-24(12-11-23(16-24)8-4-5-9-23)21-25(26-21)10-6-7-18(14-25)20-19(17)15-22(20,2)3/h18-21H,1,4-16H2,2-3H3. The topological polar surface area (TPSA) is 12.5 Å². The molecule has 2 bridgehead atoms. The molecule has 26 heavy (non-hydrogen) atoms. The Morgan fingerprint density at radius 1 is 0.962 bits per heavy atom. The van der Waals surface area contributed by atoms with Gasteiger partial charge in [0.05, 0.1) is 11.7 Å². The minimum absolute atomic E-state index is 0.286. The van der Waals surface area contributed by atoms with Crippen molar-refractivity contribution in [3.8, 4) is 0 Å². The van der Waals surface area contributed by atoms with Crippen LogP contribution in [0.25, 0.3) is 0 Å². The van der Waals surface area contributed by atoms with E-state index in [0.29, 0.717) is 22.3 Å². The molecule has 6 fully saturated rings. The van der Waals surface area contributed by atoms with Gasteiger partial charge in [-0.2, -0.15) is 0 Å². The Balaban J connectivity index is 1.38. The maximum absolute atomic E-state index is 6.78. The summed E-state index contributed by atoms with van der Waals surface area (Å²) in [6, 6.07) is 0. The molecule has 6 atom stereocenters. The summed E-state index contributed by atoms with van der Waals surface area (Å²) in [4.78, 5) is 0. The Morgan fingerprint density at radius 3 is 2.54 bits per heavy atom. The van der Waals surface area contributed by atoms with Crippen LogP contribution in [-0.4, -0.2) is 11.7 Å². The Labute approximate surface area is 160 Å². The van der Waals surface area contributed by atoms with Gasteiger partial charge in [-0.25, -0.2) is 0 Å². The van der Waals surface area contributed by atoms with Gasteiger partial charge in [-0.15, -0.1) is 0 Å². The van der Waals surface area contributed by atoms with Crippen LogP contribution in [0.2, 0.25) is 0 Å². The van der Waals surface area contributed by atoms with E-state index in [9.17, 15) is 0 Å². The third kappa shape index (κ3) is 2.08. The maximum Gasteiger partial charge on any atom is 0.0957 e. The van der Waals surface area contributed by atoms with Crippen molar-refractivity contribution in [1.29, 1.82) is 0 Å². The summed E-state index contributed by atoms with van der Waals surface area (Å²) >= 11 is 0. The molecule has 1 heteroatoms. The van der Waals surface area contributed by atoms with Crippen molar-refractivity contribution in [2.24, 2.45) is 34.0 Å². The second-order valence-electron chi connectivity index (χ2n) is 12.3. The summed E-state index contributed by atoms with van der Waals surface area (Å²) < 4.78 is 6.78. The molecule has 5 aliphatic carbocycles. The van der Waals surface area contributed by atoms with Gasteiger partial charge in [0.15, 0.2) is 0 Å². The molecule has 1 aliphatic heterocycles. The number of fused-ring (bicyclic) bond motifs is 4. The van der Waals surface area contributed by atoms with Crippen LogP contribution in [0.5, 0.6) is 0 Å². The molecule has 3 spiro atoms. The molecule has 0 aromatic carbocycles. The number of epoxide rings is 1. The first-order valence-electron chi connectivity index (χ1n) is 11.7. The molecule has 6 aliphatic rings. The molecule has 144 valence electrons. The second-order valence-corrected chi connectivity index (χ2v) is 12.3. The van der Waals surface area contributed by atoms with Crippen molar-refractivity contribution >= 4 is 0 Å². The smallest absolute Gasteiger partial charge is 0.0957 e. The molecular weight excluding hydrogens is 316 g/mol. The molecule has 0 radical (unpaired) electrons. The van der Waals surface area contributed by atoms with Gasteiger partial charge in [0.2, 0.25) is 0 Å². The first kappa shape index (κ1) is 16.6. The van der Waals surface area contributed by atoms with Gasteiger partial charge >= 0.3 is 0 Å². The highest BCUT2D eigenvalue weighted by Crippen LogP contribution is 2.72. The van der Waals surface area contributed by atoms with Gasteiger partial charge in [-0.3, -0.25) is 0 Å². The van der Waals surface area contributed by atoms with Crippen LogP contribution in [0.15, 0.2) is 12.2 Å². The summed E-state index contributed by atoms with van der Waals surface area (Å²) in [5, 5.41) is 0. The van der Waals surface area contributed by atoms with Gasteiger partial charge in [0, 0.05) is 5.41 Å². The molecule has 0 amide bonds. The maximum atomic E-state index is 6.78. The highest BCUT2D eigenvalue weighted by atomic mass is 16.6. The Kier molecular flexibility index (Phi) is 3.20. The van der Waals surface area contributed by atoms with E-state index in [4.69, 9.17) is 11.3 Å². The highest BCUT2D eigenvalue weighted by molar-refractivity contribution is 5.26. The van der Waals surface area contributed by atoms with Crippen molar-refractivity contribution in [2.45, 2.75) is 109 Å².